The number of carbonyl (C=O) groups excluding carboxylic acids is 1. The van der Waals surface area contributed by atoms with Crippen molar-refractivity contribution >= 4 is 15.7 Å². The second-order valence-electron chi connectivity index (χ2n) is 5.69. The number of hydrogen-bond acceptors (Lipinski definition) is 5. The predicted octanol–water partition coefficient (Wildman–Crippen LogP) is 1.08. The lowest BCUT2D eigenvalue weighted by atomic mass is 10.1. The Balaban J connectivity index is 1.89. The minimum absolute atomic E-state index is 0.0655. The van der Waals surface area contributed by atoms with Crippen LogP contribution in [0.25, 0.3) is 0 Å². The number of amides is 1. The summed E-state index contributed by atoms with van der Waals surface area (Å²) in [5.41, 5.74) is 0.992. The molecule has 23 heavy (non-hydrogen) atoms. The van der Waals surface area contributed by atoms with E-state index < -0.39 is 9.84 Å². The van der Waals surface area contributed by atoms with Crippen LogP contribution in [0.4, 0.5) is 0 Å². The molecule has 0 unspecified atom stereocenters. The molecule has 0 aliphatic carbocycles. The first-order chi connectivity index (χ1) is 10.9. The highest BCUT2D eigenvalue weighted by Crippen LogP contribution is 2.14. The van der Waals surface area contributed by atoms with Gasteiger partial charge < -0.3 is 14.8 Å². The first-order valence-electron chi connectivity index (χ1n) is 7.61. The summed E-state index contributed by atoms with van der Waals surface area (Å²) >= 11 is 0. The summed E-state index contributed by atoms with van der Waals surface area (Å²) in [7, 11) is -1.88. The van der Waals surface area contributed by atoms with E-state index in [0.29, 0.717) is 19.6 Å². The molecule has 1 saturated heterocycles. The maximum absolute atomic E-state index is 12.2. The normalized spacial score (nSPS) is 21.8. The molecular weight excluding hydrogens is 318 g/mol. The molecule has 1 aliphatic heterocycles. The summed E-state index contributed by atoms with van der Waals surface area (Å²) < 4.78 is 35.0. The first-order valence-corrected chi connectivity index (χ1v) is 9.27. The molecule has 0 bridgehead atoms. The quantitative estimate of drug-likeness (QED) is 0.837. The zero-order valence-electron chi connectivity index (χ0n) is 13.4. The van der Waals surface area contributed by atoms with E-state index in [1.165, 1.54) is 0 Å². The maximum atomic E-state index is 12.2. The van der Waals surface area contributed by atoms with E-state index in [2.05, 4.69) is 5.32 Å². The highest BCUT2D eigenvalue weighted by Gasteiger charge is 2.27. The molecule has 0 radical (unpaired) electrons. The summed E-state index contributed by atoms with van der Waals surface area (Å²) in [6, 6.07) is 6.50. The molecule has 6 nitrogen and oxygen atoms in total. The van der Waals surface area contributed by atoms with Crippen LogP contribution in [0.15, 0.2) is 29.2 Å². The SMILES string of the molecule is CO[C@@H]1COCC[C@H]1NC(=O)CCS(=O)(=O)c1ccc(C)cc1. The van der Waals surface area contributed by atoms with Gasteiger partial charge in [0.05, 0.1) is 23.3 Å². The third-order valence-corrected chi connectivity index (χ3v) is 5.66. The molecule has 2 rings (SSSR count). The average molecular weight is 341 g/mol. The summed E-state index contributed by atoms with van der Waals surface area (Å²) in [6.45, 7) is 2.89. The molecule has 2 atom stereocenters. The number of carbonyl (C=O) groups is 1. The number of benzene rings is 1. The number of hydrogen-bond donors (Lipinski definition) is 1. The lowest BCUT2D eigenvalue weighted by molar-refractivity contribution is -0.124. The van der Waals surface area contributed by atoms with Crippen LogP contribution >= 0.6 is 0 Å². The fourth-order valence-electron chi connectivity index (χ4n) is 2.48. The zero-order valence-corrected chi connectivity index (χ0v) is 14.3. The molecule has 1 fully saturated rings. The Labute approximate surface area is 137 Å². The maximum Gasteiger partial charge on any atom is 0.221 e. The van der Waals surface area contributed by atoms with E-state index in [1.807, 2.05) is 6.92 Å². The van der Waals surface area contributed by atoms with Crippen LogP contribution in [0.1, 0.15) is 18.4 Å². The molecule has 128 valence electrons. The number of methoxy groups -OCH3 is 1. The van der Waals surface area contributed by atoms with E-state index in [9.17, 15) is 13.2 Å². The van der Waals surface area contributed by atoms with Crippen LogP contribution in [0, 0.1) is 6.92 Å². The summed E-state index contributed by atoms with van der Waals surface area (Å²) in [6.07, 6.45) is 0.403. The molecule has 7 heteroatoms. The lowest BCUT2D eigenvalue weighted by Gasteiger charge is -2.31. The van der Waals surface area contributed by atoms with Crippen molar-refractivity contribution in [2.24, 2.45) is 0 Å². The Morgan fingerprint density at radius 2 is 2.04 bits per heavy atom. The van der Waals surface area contributed by atoms with Gasteiger partial charge in [-0.2, -0.15) is 0 Å². The Hall–Kier alpha value is -1.44. The van der Waals surface area contributed by atoms with Crippen molar-refractivity contribution in [1.29, 1.82) is 0 Å². The molecule has 0 spiro atoms. The van der Waals surface area contributed by atoms with E-state index in [-0.39, 0.29) is 35.1 Å². The fraction of sp³-hybridized carbons (Fsp3) is 0.562. The van der Waals surface area contributed by atoms with E-state index in [1.54, 1.807) is 31.4 Å². The van der Waals surface area contributed by atoms with E-state index in [0.717, 1.165) is 5.56 Å². The molecule has 1 aromatic carbocycles. The van der Waals surface area contributed by atoms with Gasteiger partial charge in [0.25, 0.3) is 0 Å². The number of aryl methyl sites for hydroxylation is 1. The molecule has 0 saturated carbocycles. The first kappa shape index (κ1) is 17.9. The van der Waals surface area contributed by atoms with Gasteiger partial charge in [0.2, 0.25) is 5.91 Å². The second kappa shape index (κ2) is 7.90. The predicted molar refractivity (Wildman–Crippen MR) is 86.0 cm³/mol. The largest absolute Gasteiger partial charge is 0.379 e. The second-order valence-corrected chi connectivity index (χ2v) is 7.80. The molecule has 1 aliphatic rings. The van der Waals surface area contributed by atoms with Crippen LogP contribution in [0.5, 0.6) is 0 Å². The van der Waals surface area contributed by atoms with Crippen molar-refractivity contribution < 1.29 is 22.7 Å². The van der Waals surface area contributed by atoms with Gasteiger partial charge in [-0.05, 0) is 25.5 Å². The highest BCUT2D eigenvalue weighted by molar-refractivity contribution is 7.91. The van der Waals surface area contributed by atoms with Crippen molar-refractivity contribution in [1.82, 2.24) is 5.32 Å². The van der Waals surface area contributed by atoms with Crippen LogP contribution in [-0.4, -0.2) is 52.5 Å². The van der Waals surface area contributed by atoms with Crippen LogP contribution in [0.2, 0.25) is 0 Å². The van der Waals surface area contributed by atoms with Crippen LogP contribution < -0.4 is 5.32 Å². The summed E-state index contributed by atoms with van der Waals surface area (Å²) in [5, 5.41) is 2.84. The number of rotatable bonds is 6. The van der Waals surface area contributed by atoms with Crippen molar-refractivity contribution in [3.63, 3.8) is 0 Å². The van der Waals surface area contributed by atoms with Gasteiger partial charge in [-0.3, -0.25) is 4.79 Å². The molecule has 1 heterocycles. The van der Waals surface area contributed by atoms with Crippen molar-refractivity contribution in [3.05, 3.63) is 29.8 Å². The third-order valence-electron chi connectivity index (χ3n) is 3.93. The fourth-order valence-corrected chi connectivity index (χ4v) is 3.72. The Kier molecular flexibility index (Phi) is 6.15. The van der Waals surface area contributed by atoms with Gasteiger partial charge in [0.1, 0.15) is 6.10 Å². The van der Waals surface area contributed by atoms with Crippen LogP contribution in [0.3, 0.4) is 0 Å². The average Bonchev–Trinajstić information content (AvgIpc) is 2.54. The smallest absolute Gasteiger partial charge is 0.221 e. The molecule has 1 amide bonds. The molecular formula is C16H23NO5S. The van der Waals surface area contributed by atoms with E-state index >= 15 is 0 Å². The minimum atomic E-state index is -3.45. The van der Waals surface area contributed by atoms with Crippen molar-refractivity contribution in [2.75, 3.05) is 26.1 Å². The van der Waals surface area contributed by atoms with Crippen molar-refractivity contribution in [3.8, 4) is 0 Å². The molecule has 1 N–H and O–H groups in total. The highest BCUT2D eigenvalue weighted by atomic mass is 32.2. The van der Waals surface area contributed by atoms with Crippen LogP contribution in [-0.2, 0) is 24.1 Å². The standard InChI is InChI=1S/C16H23NO5S/c1-12-3-5-13(6-4-12)23(19,20)10-8-16(18)17-14-7-9-22-11-15(14)21-2/h3-6,14-15H,7-11H2,1-2H3,(H,17,18)/t14-,15-/m1/s1. The minimum Gasteiger partial charge on any atom is -0.379 e. The Morgan fingerprint density at radius 3 is 2.70 bits per heavy atom. The third kappa shape index (κ3) is 5.02. The van der Waals surface area contributed by atoms with E-state index in [4.69, 9.17) is 9.47 Å². The molecule has 1 aromatic rings. The molecule has 0 aromatic heterocycles. The lowest BCUT2D eigenvalue weighted by Crippen LogP contribution is -2.49. The van der Waals surface area contributed by atoms with Crippen molar-refractivity contribution in [2.45, 2.75) is 36.8 Å². The monoisotopic (exact) mass is 341 g/mol. The number of nitrogens with one attached hydrogen (secondary N) is 1. The summed E-state index contributed by atoms with van der Waals surface area (Å²) in [4.78, 5) is 12.3. The van der Waals surface area contributed by atoms with Gasteiger partial charge >= 0.3 is 0 Å². The van der Waals surface area contributed by atoms with Gasteiger partial charge in [-0.1, -0.05) is 17.7 Å². The number of sulfone groups is 1. The van der Waals surface area contributed by atoms with Gasteiger partial charge in [0, 0.05) is 20.1 Å². The van der Waals surface area contributed by atoms with Gasteiger partial charge in [0.15, 0.2) is 9.84 Å². The Bertz CT molecular complexity index is 626. The summed E-state index contributed by atoms with van der Waals surface area (Å²) in [5.74, 6) is -0.488. The number of ether oxygens (including phenoxy) is 2. The zero-order chi connectivity index (χ0) is 16.9. The topological polar surface area (TPSA) is 81.7 Å². The Morgan fingerprint density at radius 1 is 1.35 bits per heavy atom. The van der Waals surface area contributed by atoms with Gasteiger partial charge in [-0.25, -0.2) is 8.42 Å². The van der Waals surface area contributed by atoms with Gasteiger partial charge in [-0.15, -0.1) is 0 Å².